The third kappa shape index (κ3) is 7.63. The highest BCUT2D eigenvalue weighted by atomic mass is 16.6. The van der Waals surface area contributed by atoms with E-state index in [0.29, 0.717) is 36.7 Å². The van der Waals surface area contributed by atoms with E-state index in [2.05, 4.69) is 40.3 Å². The molecule has 34 heavy (non-hydrogen) atoms. The number of carbonyl (C=O) groups is 1. The van der Waals surface area contributed by atoms with Crippen LogP contribution in [0.5, 0.6) is 11.5 Å². The fraction of sp³-hybridized carbons (Fsp3) is 0.621. The Labute approximate surface area is 205 Å². The predicted octanol–water partition coefficient (Wildman–Crippen LogP) is 7.07. The van der Waals surface area contributed by atoms with Crippen LogP contribution in [-0.2, 0) is 15.9 Å². The normalized spacial score (nSPS) is 18.1. The number of hydrogen-bond donors (Lipinski definition) is 2. The topological polar surface area (TPSA) is 76.0 Å². The van der Waals surface area contributed by atoms with Gasteiger partial charge in [0.1, 0.15) is 23.7 Å². The van der Waals surface area contributed by atoms with Crippen molar-refractivity contribution in [2.24, 2.45) is 11.8 Å². The van der Waals surface area contributed by atoms with Crippen molar-refractivity contribution in [2.45, 2.75) is 85.5 Å². The Bertz CT molecular complexity index is 868. The van der Waals surface area contributed by atoms with Gasteiger partial charge in [-0.15, -0.1) is 0 Å². The lowest BCUT2D eigenvalue weighted by molar-refractivity contribution is 0.0299. The van der Waals surface area contributed by atoms with Crippen molar-refractivity contribution in [3.8, 4) is 11.5 Å². The van der Waals surface area contributed by atoms with Gasteiger partial charge in [-0.1, -0.05) is 57.4 Å². The maximum Gasteiger partial charge on any atom is 0.342 e. The van der Waals surface area contributed by atoms with Crippen molar-refractivity contribution in [1.82, 2.24) is 0 Å². The number of unbranched alkanes of at least 4 members (excludes halogenated alkanes) is 2. The lowest BCUT2D eigenvalue weighted by Crippen LogP contribution is -2.19. The average Bonchev–Trinajstić information content (AvgIpc) is 2.75. The first-order valence-electron chi connectivity index (χ1n) is 12.8. The van der Waals surface area contributed by atoms with Gasteiger partial charge in [-0.25, -0.2) is 4.79 Å². The number of aromatic hydroxyl groups is 2. The largest absolute Gasteiger partial charge is 0.507 e. The van der Waals surface area contributed by atoms with Gasteiger partial charge in [0.15, 0.2) is 0 Å². The van der Waals surface area contributed by atoms with Gasteiger partial charge in [0, 0.05) is 18.1 Å². The third-order valence-electron chi connectivity index (χ3n) is 6.67. The van der Waals surface area contributed by atoms with Crippen molar-refractivity contribution in [2.75, 3.05) is 19.8 Å². The summed E-state index contributed by atoms with van der Waals surface area (Å²) >= 11 is 0. The van der Waals surface area contributed by atoms with Crippen LogP contribution in [0.25, 0.3) is 0 Å². The van der Waals surface area contributed by atoms with Crippen LogP contribution in [0, 0.1) is 11.8 Å². The Kier molecular flexibility index (Phi) is 11.2. The minimum atomic E-state index is -0.568. The third-order valence-corrected chi connectivity index (χ3v) is 6.67. The van der Waals surface area contributed by atoms with E-state index in [1.54, 1.807) is 6.07 Å². The zero-order chi connectivity index (χ0) is 25.3. The Morgan fingerprint density at radius 1 is 1.21 bits per heavy atom. The van der Waals surface area contributed by atoms with Gasteiger partial charge in [0.05, 0.1) is 6.61 Å². The standard InChI is InChI=1S/C29H44O5/c1-7-8-9-10-22-18-25(30)27(24-17-21(6)11-12-23(24)20(4)5)28(31)26(22)29(32)34-16-15-33-14-13-19(2)3/h17-19,23-24,30-31H,4,7-16H2,1-3,5-6H3. The van der Waals surface area contributed by atoms with Gasteiger partial charge >= 0.3 is 5.97 Å². The molecule has 0 aliphatic heterocycles. The summed E-state index contributed by atoms with van der Waals surface area (Å²) in [6.45, 7) is 15.6. The molecule has 1 aromatic rings. The summed E-state index contributed by atoms with van der Waals surface area (Å²) in [5, 5.41) is 22.4. The maximum absolute atomic E-state index is 13.1. The van der Waals surface area contributed by atoms with Gasteiger partial charge < -0.3 is 19.7 Å². The van der Waals surface area contributed by atoms with Gasteiger partial charge in [-0.05, 0) is 69.4 Å². The monoisotopic (exact) mass is 472 g/mol. The Morgan fingerprint density at radius 3 is 2.59 bits per heavy atom. The van der Waals surface area contributed by atoms with E-state index in [0.717, 1.165) is 44.1 Å². The predicted molar refractivity (Wildman–Crippen MR) is 138 cm³/mol. The zero-order valence-electron chi connectivity index (χ0n) is 21.8. The lowest BCUT2D eigenvalue weighted by atomic mass is 9.73. The Balaban J connectivity index is 2.35. The number of benzene rings is 1. The van der Waals surface area contributed by atoms with Crippen molar-refractivity contribution in [1.29, 1.82) is 0 Å². The van der Waals surface area contributed by atoms with E-state index in [-0.39, 0.29) is 35.5 Å². The Morgan fingerprint density at radius 2 is 1.94 bits per heavy atom. The van der Waals surface area contributed by atoms with Crippen LogP contribution in [0.4, 0.5) is 0 Å². The van der Waals surface area contributed by atoms with E-state index in [1.165, 1.54) is 5.57 Å². The zero-order valence-corrected chi connectivity index (χ0v) is 21.8. The minimum absolute atomic E-state index is 0.0276. The molecule has 5 nitrogen and oxygen atoms in total. The van der Waals surface area contributed by atoms with Gasteiger partial charge in [0.2, 0.25) is 0 Å². The maximum atomic E-state index is 13.1. The molecule has 2 rings (SSSR count). The summed E-state index contributed by atoms with van der Waals surface area (Å²) in [7, 11) is 0. The number of esters is 1. The van der Waals surface area contributed by atoms with Gasteiger partial charge in [-0.2, -0.15) is 0 Å². The molecule has 0 bridgehead atoms. The molecule has 0 spiro atoms. The molecular formula is C29H44O5. The van der Waals surface area contributed by atoms with Crippen molar-refractivity contribution in [3.05, 3.63) is 46.6 Å². The molecule has 2 unspecified atom stereocenters. The molecule has 1 aliphatic rings. The number of ether oxygens (including phenoxy) is 2. The SMILES string of the molecule is C=C(C)C1CCC(C)=CC1c1c(O)cc(CCCCC)c(C(=O)OCCOCCC(C)C)c1O. The molecule has 0 amide bonds. The molecule has 5 heteroatoms. The number of allylic oxidation sites excluding steroid dienone is 3. The van der Waals surface area contributed by atoms with Crippen LogP contribution in [0.2, 0.25) is 0 Å². The van der Waals surface area contributed by atoms with Crippen molar-refractivity contribution >= 4 is 5.97 Å². The molecule has 0 saturated carbocycles. The smallest absolute Gasteiger partial charge is 0.342 e. The summed E-state index contributed by atoms with van der Waals surface area (Å²) in [5.74, 6) is -0.298. The summed E-state index contributed by atoms with van der Waals surface area (Å²) in [4.78, 5) is 13.1. The highest BCUT2D eigenvalue weighted by molar-refractivity contribution is 5.95. The second-order valence-corrected chi connectivity index (χ2v) is 10.1. The fourth-order valence-corrected chi connectivity index (χ4v) is 4.63. The van der Waals surface area contributed by atoms with Crippen LogP contribution in [0.15, 0.2) is 29.9 Å². The van der Waals surface area contributed by atoms with Crippen LogP contribution in [-0.4, -0.2) is 36.0 Å². The van der Waals surface area contributed by atoms with E-state index >= 15 is 0 Å². The van der Waals surface area contributed by atoms with Crippen molar-refractivity contribution in [3.63, 3.8) is 0 Å². The molecule has 1 aromatic carbocycles. The molecule has 0 aromatic heterocycles. The molecular weight excluding hydrogens is 428 g/mol. The molecule has 2 atom stereocenters. The first-order valence-corrected chi connectivity index (χ1v) is 12.8. The quantitative estimate of drug-likeness (QED) is 0.182. The summed E-state index contributed by atoms with van der Waals surface area (Å²) < 4.78 is 11.1. The van der Waals surface area contributed by atoms with E-state index in [1.807, 2.05) is 6.92 Å². The second-order valence-electron chi connectivity index (χ2n) is 10.1. The average molecular weight is 473 g/mol. The highest BCUT2D eigenvalue weighted by Gasteiger charge is 2.33. The molecule has 1 aliphatic carbocycles. The summed E-state index contributed by atoms with van der Waals surface area (Å²) in [6.07, 6.45) is 8.39. The molecule has 190 valence electrons. The van der Waals surface area contributed by atoms with E-state index < -0.39 is 5.97 Å². The first-order chi connectivity index (χ1) is 16.2. The van der Waals surface area contributed by atoms with E-state index in [9.17, 15) is 15.0 Å². The number of rotatable bonds is 13. The number of hydrogen-bond acceptors (Lipinski definition) is 5. The number of aryl methyl sites for hydroxylation is 1. The van der Waals surface area contributed by atoms with Crippen LogP contribution >= 0.6 is 0 Å². The number of carbonyl (C=O) groups excluding carboxylic acids is 1. The van der Waals surface area contributed by atoms with Crippen molar-refractivity contribution < 1.29 is 24.5 Å². The van der Waals surface area contributed by atoms with Crippen LogP contribution in [0.1, 0.15) is 101 Å². The Hall–Kier alpha value is -2.27. The number of phenolic OH excluding ortho intramolecular Hbond substituents is 2. The number of phenols is 2. The molecule has 2 N–H and O–H groups in total. The molecule has 0 heterocycles. The molecule has 0 radical (unpaired) electrons. The van der Waals surface area contributed by atoms with E-state index in [4.69, 9.17) is 9.47 Å². The minimum Gasteiger partial charge on any atom is -0.507 e. The molecule has 0 fully saturated rings. The highest BCUT2D eigenvalue weighted by Crippen LogP contribution is 2.48. The second kappa shape index (κ2) is 13.6. The molecule has 0 saturated heterocycles. The first kappa shape index (κ1) is 28.0. The van der Waals surface area contributed by atoms with Crippen LogP contribution < -0.4 is 0 Å². The van der Waals surface area contributed by atoms with Crippen LogP contribution in [0.3, 0.4) is 0 Å². The summed E-state index contributed by atoms with van der Waals surface area (Å²) in [5.41, 5.74) is 3.40. The van der Waals surface area contributed by atoms with Gasteiger partial charge in [0.25, 0.3) is 0 Å². The summed E-state index contributed by atoms with van der Waals surface area (Å²) in [6, 6.07) is 1.65. The fourth-order valence-electron chi connectivity index (χ4n) is 4.63. The lowest BCUT2D eigenvalue weighted by Gasteiger charge is -2.32. The van der Waals surface area contributed by atoms with Gasteiger partial charge in [-0.3, -0.25) is 0 Å².